The van der Waals surface area contributed by atoms with E-state index < -0.39 is 23.7 Å². The molecule has 0 radical (unpaired) electrons. The van der Waals surface area contributed by atoms with Crippen molar-refractivity contribution in [1.82, 2.24) is 4.90 Å². The summed E-state index contributed by atoms with van der Waals surface area (Å²) in [7, 11) is 0. The molecule has 2 aromatic carbocycles. The van der Waals surface area contributed by atoms with Gasteiger partial charge in [0.1, 0.15) is 5.76 Å². The fourth-order valence-corrected chi connectivity index (χ4v) is 3.31. The summed E-state index contributed by atoms with van der Waals surface area (Å²) in [5.41, 5.74) is 1.87. The van der Waals surface area contributed by atoms with E-state index in [2.05, 4.69) is 0 Å². The first-order chi connectivity index (χ1) is 13.3. The van der Waals surface area contributed by atoms with Crippen molar-refractivity contribution in [3.05, 3.63) is 75.8 Å². The third kappa shape index (κ3) is 3.77. The van der Waals surface area contributed by atoms with Crippen LogP contribution in [0, 0.1) is 6.92 Å². The molecule has 3 rings (SSSR count). The highest BCUT2D eigenvalue weighted by atomic mass is 35.5. The normalized spacial score (nSPS) is 18.5. The summed E-state index contributed by atoms with van der Waals surface area (Å²) < 4.78 is 0. The number of aryl methyl sites for hydroxylation is 1. The van der Waals surface area contributed by atoms with Gasteiger partial charge in [-0.15, -0.1) is 0 Å². The van der Waals surface area contributed by atoms with Crippen LogP contribution in [-0.2, 0) is 14.4 Å². The van der Waals surface area contributed by atoms with Gasteiger partial charge in [0.2, 0.25) is 0 Å². The molecule has 6 nitrogen and oxygen atoms in total. The Morgan fingerprint density at radius 3 is 2.21 bits per heavy atom. The number of carboxylic acids is 1. The maximum absolute atomic E-state index is 12.7. The van der Waals surface area contributed by atoms with Gasteiger partial charge >= 0.3 is 5.97 Å². The second-order valence-electron chi connectivity index (χ2n) is 6.55. The van der Waals surface area contributed by atoms with E-state index in [9.17, 15) is 19.5 Å². The number of likely N-dealkylation sites (tertiary alicyclic amines) is 1. The Morgan fingerprint density at radius 1 is 1.04 bits per heavy atom. The van der Waals surface area contributed by atoms with Gasteiger partial charge in [-0.05, 0) is 24.6 Å². The Bertz CT molecular complexity index is 963. The van der Waals surface area contributed by atoms with Gasteiger partial charge in [-0.3, -0.25) is 14.4 Å². The van der Waals surface area contributed by atoms with Gasteiger partial charge in [0.05, 0.1) is 18.0 Å². The zero-order valence-electron chi connectivity index (χ0n) is 15.1. The van der Waals surface area contributed by atoms with E-state index >= 15 is 0 Å². The van der Waals surface area contributed by atoms with Crippen molar-refractivity contribution in [3.63, 3.8) is 0 Å². The van der Waals surface area contributed by atoms with Crippen LogP contribution in [0.25, 0.3) is 5.76 Å². The zero-order valence-corrected chi connectivity index (χ0v) is 15.8. The van der Waals surface area contributed by atoms with Crippen molar-refractivity contribution in [2.45, 2.75) is 19.4 Å². The number of ketones is 1. The summed E-state index contributed by atoms with van der Waals surface area (Å²) in [6.07, 6.45) is -0.318. The Kier molecular flexibility index (Phi) is 5.51. The zero-order chi connectivity index (χ0) is 20.4. The topological polar surface area (TPSA) is 94.9 Å². The standard InChI is InChI=1S/C21H18ClNO5/c1-12-2-4-14(5-3-12)19(26)17-18(13-6-8-15(22)9-7-13)23(11-10-16(24)25)21(28)20(17)27/h2-9,18,26H,10-11H2,1H3,(H,24,25). The lowest BCUT2D eigenvalue weighted by Crippen LogP contribution is -2.31. The molecule has 1 atom stereocenters. The number of hydrogen-bond acceptors (Lipinski definition) is 4. The number of carbonyl (C=O) groups excluding carboxylic acids is 2. The van der Waals surface area contributed by atoms with Gasteiger partial charge in [-0.1, -0.05) is 53.6 Å². The molecule has 0 aromatic heterocycles. The molecule has 1 amide bonds. The average molecular weight is 400 g/mol. The van der Waals surface area contributed by atoms with Crippen LogP contribution >= 0.6 is 11.6 Å². The van der Waals surface area contributed by atoms with E-state index in [1.807, 2.05) is 6.92 Å². The van der Waals surface area contributed by atoms with E-state index in [-0.39, 0.29) is 24.3 Å². The largest absolute Gasteiger partial charge is 0.507 e. The second-order valence-corrected chi connectivity index (χ2v) is 6.99. The molecule has 1 aliphatic heterocycles. The molecule has 1 unspecified atom stereocenters. The lowest BCUT2D eigenvalue weighted by molar-refractivity contribution is -0.142. The van der Waals surface area contributed by atoms with E-state index in [0.29, 0.717) is 16.1 Å². The fraction of sp³-hybridized carbons (Fsp3) is 0.190. The van der Waals surface area contributed by atoms with Crippen LogP contribution in [0.4, 0.5) is 0 Å². The summed E-state index contributed by atoms with van der Waals surface area (Å²) >= 11 is 5.94. The highest BCUT2D eigenvalue weighted by molar-refractivity contribution is 6.46. The van der Waals surface area contributed by atoms with Crippen LogP contribution in [-0.4, -0.2) is 39.3 Å². The quantitative estimate of drug-likeness (QED) is 0.455. The van der Waals surface area contributed by atoms with Gasteiger partial charge in [0.15, 0.2) is 0 Å². The molecule has 1 saturated heterocycles. The van der Waals surface area contributed by atoms with Crippen molar-refractivity contribution in [2.24, 2.45) is 0 Å². The highest BCUT2D eigenvalue weighted by Gasteiger charge is 2.46. The number of benzene rings is 2. The number of aliphatic hydroxyl groups is 1. The van der Waals surface area contributed by atoms with Crippen LogP contribution in [0.5, 0.6) is 0 Å². The molecule has 1 aliphatic rings. The van der Waals surface area contributed by atoms with Crippen molar-refractivity contribution in [2.75, 3.05) is 6.54 Å². The van der Waals surface area contributed by atoms with Gasteiger partial charge < -0.3 is 15.1 Å². The number of halogens is 1. The van der Waals surface area contributed by atoms with Gasteiger partial charge in [0.25, 0.3) is 11.7 Å². The lowest BCUT2D eigenvalue weighted by atomic mass is 9.95. The van der Waals surface area contributed by atoms with Crippen molar-refractivity contribution >= 4 is 35.0 Å². The summed E-state index contributed by atoms with van der Waals surface area (Å²) in [5.74, 6) is -3.07. The number of carboxylic acid groups (broad SMARTS) is 1. The number of hydrogen-bond donors (Lipinski definition) is 2. The third-order valence-corrected chi connectivity index (χ3v) is 4.87. The van der Waals surface area contributed by atoms with Crippen LogP contribution in [0.15, 0.2) is 54.1 Å². The van der Waals surface area contributed by atoms with Crippen LogP contribution in [0.1, 0.15) is 29.2 Å². The Labute approximate surface area is 166 Å². The smallest absolute Gasteiger partial charge is 0.305 e. The molecule has 7 heteroatoms. The maximum atomic E-state index is 12.7. The van der Waals surface area contributed by atoms with Gasteiger partial charge in [-0.25, -0.2) is 0 Å². The maximum Gasteiger partial charge on any atom is 0.305 e. The average Bonchev–Trinajstić information content (AvgIpc) is 2.91. The number of carbonyl (C=O) groups is 3. The first-order valence-electron chi connectivity index (χ1n) is 8.62. The number of aliphatic hydroxyl groups excluding tert-OH is 1. The molecule has 2 N–H and O–H groups in total. The fourth-order valence-electron chi connectivity index (χ4n) is 3.19. The van der Waals surface area contributed by atoms with Gasteiger partial charge in [0, 0.05) is 17.1 Å². The molecular weight excluding hydrogens is 382 g/mol. The van der Waals surface area contributed by atoms with Crippen LogP contribution in [0.3, 0.4) is 0 Å². The molecular formula is C21H18ClNO5. The molecule has 0 saturated carbocycles. The van der Waals surface area contributed by atoms with E-state index in [1.165, 1.54) is 4.90 Å². The predicted octanol–water partition coefficient (Wildman–Crippen LogP) is 3.54. The Balaban J connectivity index is 2.14. The molecule has 28 heavy (non-hydrogen) atoms. The van der Waals surface area contributed by atoms with E-state index in [1.54, 1.807) is 48.5 Å². The third-order valence-electron chi connectivity index (χ3n) is 4.62. The number of aliphatic carboxylic acids is 1. The molecule has 0 aliphatic carbocycles. The van der Waals surface area contributed by atoms with Crippen LogP contribution in [0.2, 0.25) is 5.02 Å². The SMILES string of the molecule is Cc1ccc(C(O)=C2C(=O)C(=O)N(CCC(=O)O)C2c2ccc(Cl)cc2)cc1. The van der Waals surface area contributed by atoms with Crippen LogP contribution < -0.4 is 0 Å². The summed E-state index contributed by atoms with van der Waals surface area (Å²) in [6.45, 7) is 1.74. The second kappa shape index (κ2) is 7.86. The summed E-state index contributed by atoms with van der Waals surface area (Å²) in [6, 6.07) is 12.5. The molecule has 1 heterocycles. The molecule has 1 fully saturated rings. The summed E-state index contributed by atoms with van der Waals surface area (Å²) in [4.78, 5) is 37.5. The summed E-state index contributed by atoms with van der Waals surface area (Å²) in [5, 5.41) is 20.3. The van der Waals surface area contributed by atoms with Crippen molar-refractivity contribution in [3.8, 4) is 0 Å². The van der Waals surface area contributed by atoms with Gasteiger partial charge in [-0.2, -0.15) is 0 Å². The molecule has 0 bridgehead atoms. The van der Waals surface area contributed by atoms with Crippen molar-refractivity contribution in [1.29, 1.82) is 0 Å². The first-order valence-corrected chi connectivity index (χ1v) is 9.00. The lowest BCUT2D eigenvalue weighted by Gasteiger charge is -2.24. The first kappa shape index (κ1) is 19.6. The Morgan fingerprint density at radius 2 is 1.64 bits per heavy atom. The molecule has 144 valence electrons. The molecule has 2 aromatic rings. The Hall–Kier alpha value is -3.12. The number of nitrogens with zero attached hydrogens (tertiary/aromatic N) is 1. The minimum Gasteiger partial charge on any atom is -0.507 e. The van der Waals surface area contributed by atoms with E-state index in [4.69, 9.17) is 16.7 Å². The van der Waals surface area contributed by atoms with E-state index in [0.717, 1.165) is 5.56 Å². The molecule has 0 spiro atoms. The number of rotatable bonds is 5. The minimum absolute atomic E-state index is 0.0680. The predicted molar refractivity (Wildman–Crippen MR) is 104 cm³/mol. The number of amides is 1. The highest BCUT2D eigenvalue weighted by Crippen LogP contribution is 2.39. The van der Waals surface area contributed by atoms with Crippen molar-refractivity contribution < 1.29 is 24.6 Å². The minimum atomic E-state index is -1.09. The monoisotopic (exact) mass is 399 g/mol. The number of Topliss-reactive ketones (excluding diaryl/α,β-unsaturated/α-hetero) is 1.